The molecule has 0 saturated heterocycles. The summed E-state index contributed by atoms with van der Waals surface area (Å²) in [6, 6.07) is 61.5. The summed E-state index contributed by atoms with van der Waals surface area (Å²) >= 11 is 19.3. The standard InChI is InChI=1S/C42H30Cl3N3/c43-31-19-25-37(26-20-31)46(34-11-4-1-5-12-34)40-17-10-18-41(47(35-13-6-2-7-14-35)38-27-21-32(44)22-28-38)42(40)48(36-15-8-3-9-16-36)39-29-23-33(45)24-30-39/h1-30H. The molecule has 0 fully saturated rings. The Bertz CT molecular complexity index is 1980. The second-order valence-electron chi connectivity index (χ2n) is 11.1. The summed E-state index contributed by atoms with van der Waals surface area (Å²) < 4.78 is 0. The molecule has 7 rings (SSSR count). The third kappa shape index (κ3) is 6.62. The molecule has 48 heavy (non-hydrogen) atoms. The van der Waals surface area contributed by atoms with Crippen molar-refractivity contribution in [1.82, 2.24) is 0 Å². The number of benzene rings is 7. The lowest BCUT2D eigenvalue weighted by Gasteiger charge is -2.37. The minimum Gasteiger partial charge on any atom is -0.308 e. The predicted octanol–water partition coefficient (Wildman–Crippen LogP) is 14.1. The maximum atomic E-state index is 6.46. The van der Waals surface area contributed by atoms with Crippen molar-refractivity contribution in [3.63, 3.8) is 0 Å². The lowest BCUT2D eigenvalue weighted by atomic mass is 10.1. The average Bonchev–Trinajstić information content (AvgIpc) is 3.13. The molecule has 0 spiro atoms. The van der Waals surface area contributed by atoms with Crippen LogP contribution in [-0.4, -0.2) is 0 Å². The maximum absolute atomic E-state index is 6.46. The highest BCUT2D eigenvalue weighted by atomic mass is 35.5. The van der Waals surface area contributed by atoms with Gasteiger partial charge in [-0.25, -0.2) is 0 Å². The van der Waals surface area contributed by atoms with E-state index in [1.807, 2.05) is 54.6 Å². The third-order valence-electron chi connectivity index (χ3n) is 8.00. The summed E-state index contributed by atoms with van der Waals surface area (Å²) in [7, 11) is 0. The number of hydrogen-bond donors (Lipinski definition) is 0. The second kappa shape index (κ2) is 14.3. The largest absolute Gasteiger partial charge is 0.308 e. The molecule has 0 bridgehead atoms. The van der Waals surface area contributed by atoms with Gasteiger partial charge in [-0.3, -0.25) is 0 Å². The summed E-state index contributed by atoms with van der Waals surface area (Å²) in [5.74, 6) is 0. The molecule has 6 heteroatoms. The van der Waals surface area contributed by atoms with Gasteiger partial charge < -0.3 is 14.7 Å². The van der Waals surface area contributed by atoms with E-state index < -0.39 is 0 Å². The van der Waals surface area contributed by atoms with Gasteiger partial charge in [0.05, 0.1) is 17.1 Å². The number of para-hydroxylation sites is 4. The van der Waals surface area contributed by atoms with Gasteiger partial charge in [0, 0.05) is 49.2 Å². The predicted molar refractivity (Wildman–Crippen MR) is 206 cm³/mol. The first-order chi connectivity index (χ1) is 23.6. The molecule has 0 aliphatic carbocycles. The molecule has 0 heterocycles. The molecule has 3 nitrogen and oxygen atoms in total. The van der Waals surface area contributed by atoms with Crippen molar-refractivity contribution in [3.05, 3.63) is 197 Å². The van der Waals surface area contributed by atoms with Crippen LogP contribution in [0.25, 0.3) is 0 Å². The minimum atomic E-state index is 0.666. The molecule has 7 aromatic carbocycles. The molecule has 0 amide bonds. The van der Waals surface area contributed by atoms with Crippen LogP contribution in [0.2, 0.25) is 15.1 Å². The van der Waals surface area contributed by atoms with E-state index in [1.165, 1.54) is 0 Å². The van der Waals surface area contributed by atoms with E-state index in [0.717, 1.165) is 51.2 Å². The molecule has 0 aromatic heterocycles. The van der Waals surface area contributed by atoms with Gasteiger partial charge in [-0.2, -0.15) is 0 Å². The number of rotatable bonds is 9. The molecule has 0 aliphatic heterocycles. The van der Waals surface area contributed by atoms with Gasteiger partial charge in [0.2, 0.25) is 0 Å². The zero-order valence-electron chi connectivity index (χ0n) is 25.8. The molecular weight excluding hydrogens is 653 g/mol. The Morgan fingerprint density at radius 3 is 0.854 bits per heavy atom. The molecular formula is C42H30Cl3N3. The summed E-state index contributed by atoms with van der Waals surface area (Å²) in [6.45, 7) is 0. The summed E-state index contributed by atoms with van der Waals surface area (Å²) in [5, 5.41) is 2.01. The van der Waals surface area contributed by atoms with Crippen LogP contribution in [0.4, 0.5) is 51.2 Å². The van der Waals surface area contributed by atoms with Crippen LogP contribution in [0.15, 0.2) is 182 Å². The van der Waals surface area contributed by atoms with Gasteiger partial charge in [-0.05, 0) is 121 Å². The van der Waals surface area contributed by atoms with Crippen LogP contribution in [0.3, 0.4) is 0 Å². The number of halogens is 3. The molecule has 0 atom stereocenters. The monoisotopic (exact) mass is 681 g/mol. The first kappa shape index (κ1) is 31.4. The van der Waals surface area contributed by atoms with Gasteiger partial charge in [0.1, 0.15) is 0 Å². The average molecular weight is 683 g/mol. The first-order valence-corrected chi connectivity index (χ1v) is 16.7. The first-order valence-electron chi connectivity index (χ1n) is 15.5. The normalized spacial score (nSPS) is 10.8. The highest BCUT2D eigenvalue weighted by molar-refractivity contribution is 6.31. The molecule has 234 valence electrons. The Morgan fingerprint density at radius 1 is 0.250 bits per heavy atom. The van der Waals surface area contributed by atoms with E-state index in [4.69, 9.17) is 34.8 Å². The van der Waals surface area contributed by atoms with Crippen LogP contribution in [-0.2, 0) is 0 Å². The van der Waals surface area contributed by atoms with Crippen LogP contribution >= 0.6 is 34.8 Å². The minimum absolute atomic E-state index is 0.666. The van der Waals surface area contributed by atoms with Gasteiger partial charge in [-0.15, -0.1) is 0 Å². The smallest absolute Gasteiger partial charge is 0.0946 e. The Morgan fingerprint density at radius 2 is 0.521 bits per heavy atom. The summed E-state index contributed by atoms with van der Waals surface area (Å²) in [4.78, 5) is 6.83. The van der Waals surface area contributed by atoms with Crippen LogP contribution in [0, 0.1) is 0 Å². The van der Waals surface area contributed by atoms with E-state index >= 15 is 0 Å². The topological polar surface area (TPSA) is 9.72 Å². The third-order valence-corrected chi connectivity index (χ3v) is 8.75. The Labute approximate surface area is 296 Å². The molecule has 7 aromatic rings. The molecule has 0 N–H and O–H groups in total. The SMILES string of the molecule is Clc1ccc(N(c2ccccc2)c2cccc(N(c3ccccc3)c3ccc(Cl)cc3)c2N(c2ccccc2)c2ccc(Cl)cc2)cc1. The quantitative estimate of drug-likeness (QED) is 0.150. The Balaban J connectivity index is 1.60. The lowest BCUT2D eigenvalue weighted by molar-refractivity contribution is 1.19. The van der Waals surface area contributed by atoms with E-state index in [9.17, 15) is 0 Å². The fourth-order valence-corrected chi connectivity index (χ4v) is 6.25. The van der Waals surface area contributed by atoms with Gasteiger partial charge in [-0.1, -0.05) is 95.5 Å². The van der Waals surface area contributed by atoms with Crippen molar-refractivity contribution < 1.29 is 0 Å². The summed E-state index contributed by atoms with van der Waals surface area (Å²) in [5.41, 5.74) is 8.72. The zero-order valence-corrected chi connectivity index (χ0v) is 28.1. The molecule has 0 aliphatic rings. The summed E-state index contributed by atoms with van der Waals surface area (Å²) in [6.07, 6.45) is 0. The van der Waals surface area contributed by atoms with Crippen molar-refractivity contribution in [2.24, 2.45) is 0 Å². The number of hydrogen-bond acceptors (Lipinski definition) is 3. The van der Waals surface area contributed by atoms with Crippen molar-refractivity contribution in [2.75, 3.05) is 14.7 Å². The van der Waals surface area contributed by atoms with Crippen molar-refractivity contribution in [2.45, 2.75) is 0 Å². The van der Waals surface area contributed by atoms with E-state index in [0.29, 0.717) is 15.1 Å². The highest BCUT2D eigenvalue weighted by Gasteiger charge is 2.28. The van der Waals surface area contributed by atoms with Gasteiger partial charge >= 0.3 is 0 Å². The van der Waals surface area contributed by atoms with Crippen molar-refractivity contribution >= 4 is 86.0 Å². The lowest BCUT2D eigenvalue weighted by Crippen LogP contribution is -2.21. The fourth-order valence-electron chi connectivity index (χ4n) is 5.87. The highest BCUT2D eigenvalue weighted by Crippen LogP contribution is 2.52. The number of nitrogens with zero attached hydrogens (tertiary/aromatic N) is 3. The van der Waals surface area contributed by atoms with E-state index in [1.54, 1.807) is 0 Å². The molecule has 0 saturated carbocycles. The second-order valence-corrected chi connectivity index (χ2v) is 12.4. The van der Waals surface area contributed by atoms with E-state index in [2.05, 4.69) is 142 Å². The van der Waals surface area contributed by atoms with Crippen molar-refractivity contribution in [3.8, 4) is 0 Å². The fraction of sp³-hybridized carbons (Fsp3) is 0. The van der Waals surface area contributed by atoms with Gasteiger partial charge in [0.15, 0.2) is 0 Å². The maximum Gasteiger partial charge on any atom is 0.0946 e. The zero-order chi connectivity index (χ0) is 32.9. The number of anilines is 9. The van der Waals surface area contributed by atoms with Gasteiger partial charge in [0.25, 0.3) is 0 Å². The molecule has 0 unspecified atom stereocenters. The van der Waals surface area contributed by atoms with Crippen LogP contribution in [0.1, 0.15) is 0 Å². The van der Waals surface area contributed by atoms with Crippen LogP contribution in [0.5, 0.6) is 0 Å². The van der Waals surface area contributed by atoms with Crippen LogP contribution < -0.4 is 14.7 Å². The van der Waals surface area contributed by atoms with Crippen molar-refractivity contribution in [1.29, 1.82) is 0 Å². The molecule has 0 radical (unpaired) electrons. The Hall–Kier alpha value is -5.19. The Kier molecular flexibility index (Phi) is 9.35. The van der Waals surface area contributed by atoms with E-state index in [-0.39, 0.29) is 0 Å².